The van der Waals surface area contributed by atoms with E-state index in [1.807, 2.05) is 13.8 Å². The van der Waals surface area contributed by atoms with Crippen LogP contribution in [0.2, 0.25) is 0 Å². The second-order valence-corrected chi connectivity index (χ2v) is 12.4. The van der Waals surface area contributed by atoms with E-state index in [0.717, 1.165) is 25.7 Å². The number of alkyl halides is 1. The number of carbonyl (C=O) groups is 2. The van der Waals surface area contributed by atoms with E-state index in [1.54, 1.807) is 4.90 Å². The lowest BCUT2D eigenvalue weighted by atomic mass is 9.87. The predicted molar refractivity (Wildman–Crippen MR) is 159 cm³/mol. The van der Waals surface area contributed by atoms with E-state index < -0.39 is 17.9 Å². The van der Waals surface area contributed by atoms with Crippen molar-refractivity contribution in [3.05, 3.63) is 0 Å². The van der Waals surface area contributed by atoms with Crippen molar-refractivity contribution in [1.29, 1.82) is 0 Å². The molecule has 39 heavy (non-hydrogen) atoms. The van der Waals surface area contributed by atoms with E-state index in [4.69, 9.17) is 9.47 Å². The van der Waals surface area contributed by atoms with Crippen LogP contribution in [0.1, 0.15) is 169 Å². The van der Waals surface area contributed by atoms with Gasteiger partial charge in [0.15, 0.2) is 6.30 Å². The number of carbonyl (C=O) groups excluding carboxylic acids is 2. The first kappa shape index (κ1) is 35.9. The van der Waals surface area contributed by atoms with Gasteiger partial charge in [-0.15, -0.1) is 0 Å². The Morgan fingerprint density at radius 1 is 0.718 bits per heavy atom. The molecule has 0 aliphatic carbocycles. The summed E-state index contributed by atoms with van der Waals surface area (Å²) in [7, 11) is 0. The molecule has 2 unspecified atom stereocenters. The van der Waals surface area contributed by atoms with Crippen LogP contribution in [0.15, 0.2) is 0 Å². The highest BCUT2D eigenvalue weighted by atomic mass is 19.1. The van der Waals surface area contributed by atoms with Crippen LogP contribution >= 0.6 is 0 Å². The molecule has 1 saturated heterocycles. The lowest BCUT2D eigenvalue weighted by Crippen LogP contribution is -2.56. The van der Waals surface area contributed by atoms with Crippen LogP contribution < -0.4 is 0 Å². The second kappa shape index (κ2) is 22.5. The van der Waals surface area contributed by atoms with Crippen LogP contribution in [0.4, 0.5) is 4.39 Å². The average Bonchev–Trinajstić information content (AvgIpc) is 2.88. The van der Waals surface area contributed by atoms with E-state index in [0.29, 0.717) is 25.8 Å². The number of nitrogens with zero attached hydrogens (tertiary/aromatic N) is 1. The zero-order chi connectivity index (χ0) is 28.8. The van der Waals surface area contributed by atoms with Crippen LogP contribution in [-0.4, -0.2) is 47.9 Å². The van der Waals surface area contributed by atoms with Crippen molar-refractivity contribution in [2.24, 2.45) is 0 Å². The van der Waals surface area contributed by atoms with E-state index in [2.05, 4.69) is 13.8 Å². The number of piperidine rings is 1. The lowest BCUT2D eigenvalue weighted by Gasteiger charge is -2.47. The van der Waals surface area contributed by atoms with Gasteiger partial charge in [-0.05, 0) is 26.7 Å². The Labute approximate surface area is 240 Å². The number of rotatable bonds is 24. The number of hydrogen-bond donors (Lipinski definition) is 0. The summed E-state index contributed by atoms with van der Waals surface area (Å²) in [5.74, 6) is -0.392. The first-order valence-corrected chi connectivity index (χ1v) is 16.6. The zero-order valence-electron chi connectivity index (χ0n) is 26.1. The lowest BCUT2D eigenvalue weighted by molar-refractivity contribution is -0.164. The molecule has 0 N–H and O–H groups in total. The van der Waals surface area contributed by atoms with Crippen LogP contribution in [0.25, 0.3) is 0 Å². The number of halogens is 1. The van der Waals surface area contributed by atoms with Gasteiger partial charge in [0.05, 0.1) is 0 Å². The summed E-state index contributed by atoms with van der Waals surface area (Å²) < 4.78 is 26.2. The quantitative estimate of drug-likeness (QED) is 0.0674. The first-order chi connectivity index (χ1) is 18.8. The maximum absolute atomic E-state index is 15.1. The van der Waals surface area contributed by atoms with Gasteiger partial charge in [-0.2, -0.15) is 0 Å². The molecule has 230 valence electrons. The third-order valence-electron chi connectivity index (χ3n) is 8.16. The second-order valence-electron chi connectivity index (χ2n) is 12.4. The molecule has 1 rings (SSSR count). The third kappa shape index (κ3) is 18.0. The Balaban J connectivity index is 2.15. The fourth-order valence-corrected chi connectivity index (χ4v) is 5.75. The fraction of sp³-hybridized carbons (Fsp3) is 0.939. The number of esters is 2. The minimum Gasteiger partial charge on any atom is -0.464 e. The summed E-state index contributed by atoms with van der Waals surface area (Å²) in [4.78, 5) is 26.2. The van der Waals surface area contributed by atoms with Crippen molar-refractivity contribution in [2.75, 3.05) is 13.2 Å². The van der Waals surface area contributed by atoms with Crippen molar-refractivity contribution >= 4 is 11.9 Å². The predicted octanol–water partition coefficient (Wildman–Crippen LogP) is 9.45. The number of likely N-dealkylation sites (tertiary alicyclic amines) is 1. The highest BCUT2D eigenvalue weighted by Gasteiger charge is 2.42. The Morgan fingerprint density at radius 3 is 1.62 bits per heavy atom. The molecule has 1 heterocycles. The summed E-state index contributed by atoms with van der Waals surface area (Å²) in [6.45, 7) is 8.97. The molecular weight excluding hydrogens is 493 g/mol. The molecule has 0 radical (unpaired) electrons. The van der Waals surface area contributed by atoms with Gasteiger partial charge in [0, 0.05) is 37.8 Å². The number of unbranched alkanes of at least 4 members (excludes halogenated alkanes) is 16. The largest absolute Gasteiger partial charge is 0.464 e. The third-order valence-corrected chi connectivity index (χ3v) is 8.16. The number of ether oxygens (including phenoxy) is 2. The van der Waals surface area contributed by atoms with E-state index >= 15 is 4.39 Å². The summed E-state index contributed by atoms with van der Waals surface area (Å²) in [5.41, 5.74) is -0.468. The van der Waals surface area contributed by atoms with Crippen molar-refractivity contribution in [3.63, 3.8) is 0 Å². The van der Waals surface area contributed by atoms with Gasteiger partial charge in [-0.25, -0.2) is 4.39 Å². The minimum absolute atomic E-state index is 0.180. The normalized spacial score (nSPS) is 19.2. The van der Waals surface area contributed by atoms with Gasteiger partial charge in [0.25, 0.3) is 0 Å². The highest BCUT2D eigenvalue weighted by molar-refractivity contribution is 5.69. The first-order valence-electron chi connectivity index (χ1n) is 16.6. The van der Waals surface area contributed by atoms with E-state index in [1.165, 1.54) is 89.9 Å². The maximum Gasteiger partial charge on any atom is 0.306 e. The van der Waals surface area contributed by atoms with Crippen LogP contribution in [-0.2, 0) is 19.1 Å². The minimum atomic E-state index is -1.21. The fourth-order valence-electron chi connectivity index (χ4n) is 5.75. The summed E-state index contributed by atoms with van der Waals surface area (Å²) in [6.07, 6.45) is 21.8. The van der Waals surface area contributed by atoms with Gasteiger partial charge in [0.1, 0.15) is 12.7 Å². The molecule has 1 aliphatic heterocycles. The average molecular weight is 556 g/mol. The van der Waals surface area contributed by atoms with Crippen molar-refractivity contribution < 1.29 is 23.5 Å². The SMILES string of the molecule is CCCCCCCCCCCC(=O)OCCN1C(F)CC(OC(=O)CCCCCCCCCCC)CC1(C)C. The molecule has 0 bridgehead atoms. The topological polar surface area (TPSA) is 55.8 Å². The molecule has 2 atom stereocenters. The van der Waals surface area contributed by atoms with Crippen LogP contribution in [0.5, 0.6) is 0 Å². The van der Waals surface area contributed by atoms with Crippen molar-refractivity contribution in [1.82, 2.24) is 4.90 Å². The standard InChI is InChI=1S/C33H62FNO4/c1-5-7-9-11-13-15-17-19-21-23-31(36)38-26-25-35-30(34)27-29(28-33(35,3)4)39-32(37)24-22-20-18-16-14-12-10-8-6-2/h29-30H,5-28H2,1-4H3. The molecule has 0 saturated carbocycles. The Hall–Kier alpha value is -1.17. The Kier molecular flexibility index (Phi) is 20.7. The molecule has 0 spiro atoms. The van der Waals surface area contributed by atoms with Gasteiger partial charge < -0.3 is 9.47 Å². The molecule has 6 heteroatoms. The molecule has 1 aliphatic rings. The zero-order valence-corrected chi connectivity index (χ0v) is 26.1. The molecule has 0 amide bonds. The van der Waals surface area contributed by atoms with E-state index in [9.17, 15) is 9.59 Å². The summed E-state index contributed by atoms with van der Waals surface area (Å²) in [6, 6.07) is 0. The van der Waals surface area contributed by atoms with Gasteiger partial charge in [-0.1, -0.05) is 117 Å². The molecule has 1 fully saturated rings. The molecule has 5 nitrogen and oxygen atoms in total. The van der Waals surface area contributed by atoms with Crippen molar-refractivity contribution in [3.8, 4) is 0 Å². The Morgan fingerprint density at radius 2 is 1.15 bits per heavy atom. The number of hydrogen-bond acceptors (Lipinski definition) is 5. The smallest absolute Gasteiger partial charge is 0.306 e. The molecule has 0 aromatic rings. The molecular formula is C33H62FNO4. The van der Waals surface area contributed by atoms with E-state index in [-0.39, 0.29) is 25.0 Å². The van der Waals surface area contributed by atoms with Crippen LogP contribution in [0.3, 0.4) is 0 Å². The van der Waals surface area contributed by atoms with Gasteiger partial charge >= 0.3 is 11.9 Å². The molecule has 0 aromatic carbocycles. The van der Waals surface area contributed by atoms with Crippen LogP contribution in [0, 0.1) is 0 Å². The highest BCUT2D eigenvalue weighted by Crippen LogP contribution is 2.34. The molecule has 0 aromatic heterocycles. The summed E-state index contributed by atoms with van der Waals surface area (Å²) in [5, 5.41) is 0. The monoisotopic (exact) mass is 555 g/mol. The van der Waals surface area contributed by atoms with Gasteiger partial charge in [0.2, 0.25) is 0 Å². The Bertz CT molecular complexity index is 627. The van der Waals surface area contributed by atoms with Gasteiger partial charge in [-0.3, -0.25) is 14.5 Å². The summed E-state index contributed by atoms with van der Waals surface area (Å²) >= 11 is 0. The van der Waals surface area contributed by atoms with Crippen molar-refractivity contribution in [2.45, 2.75) is 187 Å². The maximum atomic E-state index is 15.1.